The zero-order valence-corrected chi connectivity index (χ0v) is 10.3. The largest absolute Gasteiger partial charge is 0.385 e. The van der Waals surface area contributed by atoms with Crippen LogP contribution >= 0.6 is 27.3 Å². The molecule has 78 valence electrons. The fourth-order valence-electron chi connectivity index (χ4n) is 0.954. The molecule has 0 aromatic carbocycles. The Morgan fingerprint density at radius 2 is 2.50 bits per heavy atom. The molecule has 1 N–H and O–H groups in total. The van der Waals surface area contributed by atoms with E-state index in [0.717, 1.165) is 15.8 Å². The molecule has 0 unspecified atom stereocenters. The fourth-order valence-corrected chi connectivity index (χ4v) is 2.42. The third kappa shape index (κ3) is 3.40. The molecular weight excluding hydrogens is 266 g/mol. The van der Waals surface area contributed by atoms with Gasteiger partial charge in [0.2, 0.25) is 0 Å². The minimum absolute atomic E-state index is 0.0250. The van der Waals surface area contributed by atoms with Crippen LogP contribution in [0.15, 0.2) is 15.9 Å². The number of rotatable bonds is 5. The summed E-state index contributed by atoms with van der Waals surface area (Å²) in [5, 5.41) is 4.71. The Morgan fingerprint density at radius 3 is 3.07 bits per heavy atom. The van der Waals surface area contributed by atoms with Crippen molar-refractivity contribution >= 4 is 33.2 Å². The van der Waals surface area contributed by atoms with Gasteiger partial charge in [-0.25, -0.2) is 0 Å². The predicted octanol–water partition coefficient (Wildman–Crippen LogP) is 2.28. The van der Waals surface area contributed by atoms with Crippen LogP contribution in [0.1, 0.15) is 16.1 Å². The van der Waals surface area contributed by atoms with Crippen LogP contribution in [0.4, 0.5) is 0 Å². The van der Waals surface area contributed by atoms with Crippen LogP contribution in [0.3, 0.4) is 0 Å². The van der Waals surface area contributed by atoms with E-state index in [0.29, 0.717) is 13.2 Å². The highest BCUT2D eigenvalue weighted by atomic mass is 79.9. The van der Waals surface area contributed by atoms with E-state index in [2.05, 4.69) is 21.2 Å². The first-order valence-electron chi connectivity index (χ1n) is 4.26. The summed E-state index contributed by atoms with van der Waals surface area (Å²) in [5.41, 5.74) is 0. The van der Waals surface area contributed by atoms with Crippen molar-refractivity contribution in [3.8, 4) is 0 Å². The first kappa shape index (κ1) is 11.7. The van der Waals surface area contributed by atoms with Crippen LogP contribution in [0, 0.1) is 0 Å². The number of amides is 1. The van der Waals surface area contributed by atoms with Gasteiger partial charge in [-0.3, -0.25) is 4.79 Å². The van der Waals surface area contributed by atoms with Gasteiger partial charge in [0, 0.05) is 24.7 Å². The molecule has 0 aliphatic rings. The Morgan fingerprint density at radius 1 is 1.71 bits per heavy atom. The normalized spacial score (nSPS) is 10.1. The molecule has 0 aliphatic heterocycles. The average molecular weight is 278 g/mol. The smallest absolute Gasteiger partial charge is 0.262 e. The Labute approximate surface area is 95.6 Å². The maximum absolute atomic E-state index is 11.5. The maximum atomic E-state index is 11.5. The van der Waals surface area contributed by atoms with E-state index in [4.69, 9.17) is 4.74 Å². The van der Waals surface area contributed by atoms with E-state index >= 15 is 0 Å². The molecule has 1 amide bonds. The second-order valence-corrected chi connectivity index (χ2v) is 4.47. The molecule has 14 heavy (non-hydrogen) atoms. The minimum atomic E-state index is -0.0250. The van der Waals surface area contributed by atoms with E-state index < -0.39 is 0 Å². The molecule has 0 radical (unpaired) electrons. The van der Waals surface area contributed by atoms with Gasteiger partial charge in [0.15, 0.2) is 0 Å². The Balaban J connectivity index is 2.32. The van der Waals surface area contributed by atoms with E-state index in [1.54, 1.807) is 7.11 Å². The first-order chi connectivity index (χ1) is 6.75. The van der Waals surface area contributed by atoms with Crippen LogP contribution in [0.25, 0.3) is 0 Å². The van der Waals surface area contributed by atoms with Crippen LogP contribution < -0.4 is 5.32 Å². The number of halogens is 1. The second kappa shape index (κ2) is 6.16. The first-order valence-corrected chi connectivity index (χ1v) is 5.93. The molecule has 0 saturated heterocycles. The van der Waals surface area contributed by atoms with Gasteiger partial charge in [-0.1, -0.05) is 0 Å². The van der Waals surface area contributed by atoms with Gasteiger partial charge in [-0.15, -0.1) is 11.3 Å². The van der Waals surface area contributed by atoms with E-state index in [9.17, 15) is 4.79 Å². The van der Waals surface area contributed by atoms with E-state index in [1.807, 2.05) is 11.4 Å². The third-order valence-electron chi connectivity index (χ3n) is 1.63. The highest BCUT2D eigenvalue weighted by Crippen LogP contribution is 2.22. The lowest BCUT2D eigenvalue weighted by Crippen LogP contribution is -2.24. The van der Waals surface area contributed by atoms with Crippen molar-refractivity contribution in [2.24, 2.45) is 0 Å². The molecule has 0 spiro atoms. The Hall–Kier alpha value is -0.390. The van der Waals surface area contributed by atoms with Crippen molar-refractivity contribution in [1.82, 2.24) is 5.32 Å². The van der Waals surface area contributed by atoms with Gasteiger partial charge < -0.3 is 10.1 Å². The standard InChI is InChI=1S/C9H12BrNO2S/c1-13-5-2-4-11-9(12)8-7(10)3-6-14-8/h3,6H,2,4-5H2,1H3,(H,11,12). The number of hydrogen-bond donors (Lipinski definition) is 1. The van der Waals surface area contributed by atoms with Gasteiger partial charge in [0.1, 0.15) is 4.88 Å². The molecule has 5 heteroatoms. The fraction of sp³-hybridized carbons (Fsp3) is 0.444. The highest BCUT2D eigenvalue weighted by molar-refractivity contribution is 9.10. The number of nitrogens with one attached hydrogen (secondary N) is 1. The van der Waals surface area contributed by atoms with Gasteiger partial charge in [-0.05, 0) is 33.8 Å². The average Bonchev–Trinajstić information content (AvgIpc) is 2.59. The topological polar surface area (TPSA) is 38.3 Å². The summed E-state index contributed by atoms with van der Waals surface area (Å²) < 4.78 is 5.73. The molecular formula is C9H12BrNO2S. The van der Waals surface area contributed by atoms with Crippen molar-refractivity contribution in [1.29, 1.82) is 0 Å². The Bertz CT molecular complexity index is 301. The summed E-state index contributed by atoms with van der Waals surface area (Å²) in [6.45, 7) is 1.32. The van der Waals surface area contributed by atoms with Crippen LogP contribution in [0.5, 0.6) is 0 Å². The number of ether oxygens (including phenoxy) is 1. The number of carbonyl (C=O) groups is 1. The molecule has 0 atom stereocenters. The summed E-state index contributed by atoms with van der Waals surface area (Å²) in [4.78, 5) is 12.2. The quantitative estimate of drug-likeness (QED) is 0.839. The van der Waals surface area contributed by atoms with Gasteiger partial charge >= 0.3 is 0 Å². The number of methoxy groups -OCH3 is 1. The second-order valence-electron chi connectivity index (χ2n) is 2.70. The van der Waals surface area contributed by atoms with Crippen molar-refractivity contribution in [2.75, 3.05) is 20.3 Å². The van der Waals surface area contributed by atoms with Gasteiger partial charge in [0.25, 0.3) is 5.91 Å². The van der Waals surface area contributed by atoms with Crippen molar-refractivity contribution < 1.29 is 9.53 Å². The summed E-state index contributed by atoms with van der Waals surface area (Å²) in [6.07, 6.45) is 0.839. The van der Waals surface area contributed by atoms with Crippen molar-refractivity contribution in [3.63, 3.8) is 0 Å². The van der Waals surface area contributed by atoms with Crippen LogP contribution in [-0.4, -0.2) is 26.2 Å². The zero-order valence-electron chi connectivity index (χ0n) is 7.88. The number of hydrogen-bond acceptors (Lipinski definition) is 3. The highest BCUT2D eigenvalue weighted by Gasteiger charge is 2.09. The summed E-state index contributed by atoms with van der Waals surface area (Å²) in [5.74, 6) is -0.0250. The molecule has 1 rings (SSSR count). The van der Waals surface area contributed by atoms with Gasteiger partial charge in [0.05, 0.1) is 0 Å². The van der Waals surface area contributed by atoms with E-state index in [-0.39, 0.29) is 5.91 Å². The maximum Gasteiger partial charge on any atom is 0.262 e. The lowest BCUT2D eigenvalue weighted by Gasteiger charge is -2.02. The lowest BCUT2D eigenvalue weighted by atomic mass is 10.4. The molecule has 0 bridgehead atoms. The summed E-state index contributed by atoms with van der Waals surface area (Å²) in [7, 11) is 1.65. The van der Waals surface area contributed by atoms with Crippen LogP contribution in [0.2, 0.25) is 0 Å². The van der Waals surface area contributed by atoms with Gasteiger partial charge in [-0.2, -0.15) is 0 Å². The number of thiophene rings is 1. The summed E-state index contributed by atoms with van der Waals surface area (Å²) >= 11 is 4.75. The SMILES string of the molecule is COCCCNC(=O)c1sccc1Br. The molecule has 0 fully saturated rings. The Kier molecular flexibility index (Phi) is 5.14. The van der Waals surface area contributed by atoms with E-state index in [1.165, 1.54) is 11.3 Å². The third-order valence-corrected chi connectivity index (χ3v) is 3.47. The molecule has 1 aromatic heterocycles. The molecule has 3 nitrogen and oxygen atoms in total. The monoisotopic (exact) mass is 277 g/mol. The van der Waals surface area contributed by atoms with Crippen molar-refractivity contribution in [3.05, 3.63) is 20.8 Å². The zero-order chi connectivity index (χ0) is 10.4. The summed E-state index contributed by atoms with van der Waals surface area (Å²) in [6, 6.07) is 1.87. The predicted molar refractivity (Wildman–Crippen MR) is 60.8 cm³/mol. The molecule has 1 heterocycles. The lowest BCUT2D eigenvalue weighted by molar-refractivity contribution is 0.0952. The molecule has 0 saturated carbocycles. The van der Waals surface area contributed by atoms with Crippen molar-refractivity contribution in [2.45, 2.75) is 6.42 Å². The van der Waals surface area contributed by atoms with Crippen LogP contribution in [-0.2, 0) is 4.74 Å². The number of carbonyl (C=O) groups excluding carboxylic acids is 1. The minimum Gasteiger partial charge on any atom is -0.385 e. The molecule has 1 aromatic rings. The molecule has 0 aliphatic carbocycles.